The number of carbonyl (C=O) groups is 2. The van der Waals surface area contributed by atoms with E-state index in [-0.39, 0.29) is 24.4 Å². The molecule has 7 heteroatoms. The molecule has 0 unspecified atom stereocenters. The number of ketones is 1. The number of carbonyl (C=O) groups excluding carboxylic acids is 2. The first-order valence-corrected chi connectivity index (χ1v) is 12.8. The number of nitrogens with one attached hydrogen (secondary N) is 1. The minimum Gasteiger partial charge on any atom is -0.497 e. The number of ether oxygens (including phenoxy) is 3. The first kappa shape index (κ1) is 25.2. The lowest BCUT2D eigenvalue weighted by molar-refractivity contribution is -0.141. The van der Waals surface area contributed by atoms with Crippen molar-refractivity contribution in [2.24, 2.45) is 0 Å². The average Bonchev–Trinajstić information content (AvgIpc) is 3.26. The second kappa shape index (κ2) is 10.8. The maximum atomic E-state index is 13.6. The Labute approximate surface area is 211 Å². The first-order valence-electron chi connectivity index (χ1n) is 12.0. The molecule has 0 bridgehead atoms. The number of hydrogen-bond acceptors (Lipinski definition) is 7. The Balaban J connectivity index is 1.66. The van der Waals surface area contributed by atoms with Gasteiger partial charge in [-0.25, -0.2) is 4.79 Å². The van der Waals surface area contributed by atoms with Crippen molar-refractivity contribution >= 4 is 23.1 Å². The molecule has 0 spiro atoms. The molecule has 0 fully saturated rings. The molecule has 0 amide bonds. The van der Waals surface area contributed by atoms with Crippen LogP contribution in [0, 0.1) is 6.92 Å². The Bertz CT molecular complexity index is 1180. The Hall–Kier alpha value is -2.90. The summed E-state index contributed by atoms with van der Waals surface area (Å²) in [6.07, 6.45) is 1.15. The van der Waals surface area contributed by atoms with Gasteiger partial charge in [0.15, 0.2) is 5.78 Å². The van der Waals surface area contributed by atoms with Crippen LogP contribution in [-0.2, 0) is 19.1 Å². The molecule has 0 saturated heterocycles. The summed E-state index contributed by atoms with van der Waals surface area (Å²) in [5.41, 5.74) is 3.88. The fourth-order valence-electron chi connectivity index (χ4n) is 4.83. The lowest BCUT2D eigenvalue weighted by Crippen LogP contribution is -2.36. The van der Waals surface area contributed by atoms with Gasteiger partial charge < -0.3 is 19.5 Å². The van der Waals surface area contributed by atoms with Gasteiger partial charge in [0.05, 0.1) is 31.3 Å². The fourth-order valence-corrected chi connectivity index (χ4v) is 5.83. The first-order chi connectivity index (χ1) is 16.8. The standard InChI is InChI=1S/C28H33NO5S/c1-16(2)33-11-12-34-28(31)25-18(4)29-22-14-20(19-7-6-8-21(13-19)32-5)15-23(30)26(22)27(25)24-10-9-17(3)35-24/h6-10,13,16,20,27,29H,11-12,14-15H2,1-5H3/t20-,27+/m0/s1. The second-order valence-electron chi connectivity index (χ2n) is 9.30. The van der Waals surface area contributed by atoms with Crippen molar-refractivity contribution in [3.63, 3.8) is 0 Å². The molecule has 4 rings (SSSR count). The van der Waals surface area contributed by atoms with E-state index in [0.717, 1.165) is 32.5 Å². The van der Waals surface area contributed by atoms with Crippen LogP contribution in [0.2, 0.25) is 0 Å². The highest BCUT2D eigenvalue weighted by Crippen LogP contribution is 2.47. The molecule has 0 saturated carbocycles. The summed E-state index contributed by atoms with van der Waals surface area (Å²) in [4.78, 5) is 29.0. The molecule has 1 aromatic carbocycles. The Morgan fingerprint density at radius 1 is 1.14 bits per heavy atom. The SMILES string of the molecule is COc1cccc([C@@H]2CC(=O)C3=C(C2)NC(C)=C(C(=O)OCCOC(C)C)[C@H]3c2ccc(C)s2)c1. The van der Waals surface area contributed by atoms with Crippen LogP contribution in [0.5, 0.6) is 5.75 Å². The molecule has 1 aromatic heterocycles. The quantitative estimate of drug-likeness (QED) is 0.391. The number of thiophene rings is 1. The topological polar surface area (TPSA) is 73.9 Å². The molecule has 35 heavy (non-hydrogen) atoms. The number of dihydropyridines is 1. The molecule has 1 N–H and O–H groups in total. The molecule has 1 aliphatic carbocycles. The van der Waals surface area contributed by atoms with Gasteiger partial charge in [-0.1, -0.05) is 12.1 Å². The molecule has 2 aliphatic rings. The van der Waals surface area contributed by atoms with E-state index in [4.69, 9.17) is 14.2 Å². The van der Waals surface area contributed by atoms with Crippen LogP contribution in [0.4, 0.5) is 0 Å². The number of aryl methyl sites for hydroxylation is 1. The van der Waals surface area contributed by atoms with Crippen LogP contribution in [0.1, 0.15) is 60.8 Å². The summed E-state index contributed by atoms with van der Waals surface area (Å²) in [5, 5.41) is 3.40. The zero-order valence-corrected chi connectivity index (χ0v) is 21.8. The van der Waals surface area contributed by atoms with E-state index in [1.54, 1.807) is 18.4 Å². The van der Waals surface area contributed by atoms with Crippen molar-refractivity contribution in [1.82, 2.24) is 5.32 Å². The van der Waals surface area contributed by atoms with Crippen molar-refractivity contribution in [3.8, 4) is 5.75 Å². The van der Waals surface area contributed by atoms with Gasteiger partial charge in [0.2, 0.25) is 0 Å². The minimum atomic E-state index is -0.428. The van der Waals surface area contributed by atoms with Crippen molar-refractivity contribution in [2.45, 2.75) is 58.5 Å². The normalized spacial score (nSPS) is 20.1. The number of allylic oxidation sites excluding steroid dienone is 3. The zero-order chi connectivity index (χ0) is 25.1. The number of esters is 1. The number of methoxy groups -OCH3 is 1. The zero-order valence-electron chi connectivity index (χ0n) is 21.0. The van der Waals surface area contributed by atoms with Gasteiger partial charge in [-0.15, -0.1) is 11.3 Å². The van der Waals surface area contributed by atoms with Gasteiger partial charge in [-0.05, 0) is 69.9 Å². The van der Waals surface area contributed by atoms with E-state index in [1.165, 1.54) is 0 Å². The fraction of sp³-hybridized carbons (Fsp3) is 0.429. The highest BCUT2D eigenvalue weighted by molar-refractivity contribution is 7.12. The van der Waals surface area contributed by atoms with E-state index < -0.39 is 11.9 Å². The Kier molecular flexibility index (Phi) is 7.77. The van der Waals surface area contributed by atoms with Gasteiger partial charge in [0.1, 0.15) is 12.4 Å². The average molecular weight is 496 g/mol. The molecule has 186 valence electrons. The summed E-state index contributed by atoms with van der Waals surface area (Å²) in [6.45, 7) is 8.30. The Morgan fingerprint density at radius 3 is 2.63 bits per heavy atom. The van der Waals surface area contributed by atoms with Crippen molar-refractivity contribution in [2.75, 3.05) is 20.3 Å². The number of benzene rings is 1. The molecule has 2 atom stereocenters. The monoisotopic (exact) mass is 495 g/mol. The third kappa shape index (κ3) is 5.52. The van der Waals surface area contributed by atoms with Crippen LogP contribution in [0.25, 0.3) is 0 Å². The summed E-state index contributed by atoms with van der Waals surface area (Å²) in [6, 6.07) is 11.9. The summed E-state index contributed by atoms with van der Waals surface area (Å²) in [7, 11) is 1.64. The van der Waals surface area contributed by atoms with Gasteiger partial charge in [0.25, 0.3) is 0 Å². The second-order valence-corrected chi connectivity index (χ2v) is 10.6. The minimum absolute atomic E-state index is 0.0454. The molecular formula is C28H33NO5S. The van der Waals surface area contributed by atoms with Crippen LogP contribution < -0.4 is 10.1 Å². The van der Waals surface area contributed by atoms with E-state index in [2.05, 4.69) is 5.32 Å². The van der Waals surface area contributed by atoms with E-state index >= 15 is 0 Å². The lowest BCUT2D eigenvalue weighted by Gasteiger charge is -2.36. The van der Waals surface area contributed by atoms with Crippen LogP contribution >= 0.6 is 11.3 Å². The maximum Gasteiger partial charge on any atom is 0.336 e. The van der Waals surface area contributed by atoms with E-state index in [1.807, 2.05) is 64.1 Å². The summed E-state index contributed by atoms with van der Waals surface area (Å²) in [5.74, 6) is 0.0448. The number of Topliss-reactive ketones (excluding diaryl/α,β-unsaturated/α-hetero) is 1. The molecule has 1 aliphatic heterocycles. The lowest BCUT2D eigenvalue weighted by atomic mass is 9.73. The van der Waals surface area contributed by atoms with Gasteiger partial charge in [0, 0.05) is 33.1 Å². The molecule has 0 radical (unpaired) electrons. The third-order valence-electron chi connectivity index (χ3n) is 6.43. The Morgan fingerprint density at radius 2 is 1.94 bits per heavy atom. The van der Waals surface area contributed by atoms with E-state index in [9.17, 15) is 9.59 Å². The van der Waals surface area contributed by atoms with E-state index in [0.29, 0.717) is 30.6 Å². The molecular weight excluding hydrogens is 462 g/mol. The van der Waals surface area contributed by atoms with Gasteiger partial charge in [-0.3, -0.25) is 4.79 Å². The third-order valence-corrected chi connectivity index (χ3v) is 7.49. The predicted molar refractivity (Wildman–Crippen MR) is 137 cm³/mol. The van der Waals surface area contributed by atoms with Crippen molar-refractivity contribution in [3.05, 3.63) is 74.3 Å². The smallest absolute Gasteiger partial charge is 0.336 e. The highest BCUT2D eigenvalue weighted by atomic mass is 32.1. The van der Waals surface area contributed by atoms with Crippen LogP contribution in [0.15, 0.2) is 58.9 Å². The number of rotatable bonds is 8. The maximum absolute atomic E-state index is 13.6. The molecule has 2 aromatic rings. The molecule has 2 heterocycles. The van der Waals surface area contributed by atoms with Crippen molar-refractivity contribution < 1.29 is 23.8 Å². The van der Waals surface area contributed by atoms with Crippen LogP contribution in [-0.4, -0.2) is 38.2 Å². The summed E-state index contributed by atoms with van der Waals surface area (Å²) >= 11 is 1.61. The van der Waals surface area contributed by atoms with Crippen molar-refractivity contribution in [1.29, 1.82) is 0 Å². The van der Waals surface area contributed by atoms with Gasteiger partial charge in [-0.2, -0.15) is 0 Å². The largest absolute Gasteiger partial charge is 0.497 e. The number of hydrogen-bond donors (Lipinski definition) is 1. The summed E-state index contributed by atoms with van der Waals surface area (Å²) < 4.78 is 16.5. The van der Waals surface area contributed by atoms with Gasteiger partial charge >= 0.3 is 5.97 Å². The predicted octanol–water partition coefficient (Wildman–Crippen LogP) is 5.39. The van der Waals surface area contributed by atoms with Crippen LogP contribution in [0.3, 0.4) is 0 Å². The highest BCUT2D eigenvalue weighted by Gasteiger charge is 2.42. The molecule has 6 nitrogen and oxygen atoms in total.